The van der Waals surface area contributed by atoms with Gasteiger partial charge in [-0.2, -0.15) is 0 Å². The van der Waals surface area contributed by atoms with Crippen LogP contribution in [-0.4, -0.2) is 31.9 Å². The van der Waals surface area contributed by atoms with E-state index in [4.69, 9.17) is 9.84 Å². The minimum Gasteiger partial charge on any atom is -0.497 e. The lowest BCUT2D eigenvalue weighted by Gasteiger charge is -2.25. The van der Waals surface area contributed by atoms with Crippen LogP contribution in [-0.2, 0) is 5.41 Å². The maximum absolute atomic E-state index is 8.72. The lowest BCUT2D eigenvalue weighted by molar-refractivity contribution is 0.286. The molecule has 0 saturated heterocycles. The maximum Gasteiger partial charge on any atom is 0.118 e. The average Bonchev–Trinajstić information content (AvgIpc) is 2.29. The van der Waals surface area contributed by atoms with Crippen molar-refractivity contribution in [1.29, 1.82) is 0 Å². The van der Waals surface area contributed by atoms with Gasteiger partial charge in [0.2, 0.25) is 0 Å². The van der Waals surface area contributed by atoms with E-state index < -0.39 is 0 Å². The van der Waals surface area contributed by atoms with Gasteiger partial charge in [0.05, 0.1) is 13.7 Å². The first-order valence-corrected chi connectivity index (χ1v) is 5.56. The molecule has 16 heavy (non-hydrogen) atoms. The molecule has 0 aliphatic heterocycles. The number of methoxy groups -OCH3 is 1. The summed E-state index contributed by atoms with van der Waals surface area (Å²) in [5.74, 6) is 0.878. The van der Waals surface area contributed by atoms with Crippen molar-refractivity contribution in [2.24, 2.45) is 0 Å². The fourth-order valence-corrected chi connectivity index (χ4v) is 1.62. The van der Waals surface area contributed by atoms with Crippen molar-refractivity contribution in [2.45, 2.75) is 19.3 Å². The Hall–Kier alpha value is -1.06. The van der Waals surface area contributed by atoms with Crippen LogP contribution in [0.25, 0.3) is 0 Å². The molecule has 90 valence electrons. The highest BCUT2D eigenvalue weighted by atomic mass is 16.5. The highest BCUT2D eigenvalue weighted by molar-refractivity contribution is 5.31. The quantitative estimate of drug-likeness (QED) is 0.719. The third-order valence-electron chi connectivity index (χ3n) is 2.73. The zero-order valence-electron chi connectivity index (χ0n) is 10.3. The summed E-state index contributed by atoms with van der Waals surface area (Å²) in [6.07, 6.45) is 0. The zero-order valence-corrected chi connectivity index (χ0v) is 10.3. The van der Waals surface area contributed by atoms with Crippen LogP contribution in [0.4, 0.5) is 0 Å². The van der Waals surface area contributed by atoms with Gasteiger partial charge in [0.1, 0.15) is 5.75 Å². The molecule has 0 heterocycles. The fraction of sp³-hybridized carbons (Fsp3) is 0.538. The summed E-state index contributed by atoms with van der Waals surface area (Å²) in [6, 6.07) is 8.12. The normalized spacial score (nSPS) is 11.5. The Labute approximate surface area is 97.4 Å². The van der Waals surface area contributed by atoms with E-state index >= 15 is 0 Å². The Kier molecular flexibility index (Phi) is 4.77. The molecule has 0 spiro atoms. The molecule has 0 aliphatic rings. The molecule has 0 amide bonds. The van der Waals surface area contributed by atoms with Crippen molar-refractivity contribution in [3.63, 3.8) is 0 Å². The van der Waals surface area contributed by atoms with E-state index in [9.17, 15) is 0 Å². The summed E-state index contributed by atoms with van der Waals surface area (Å²) < 4.78 is 5.13. The van der Waals surface area contributed by atoms with Gasteiger partial charge in [0.15, 0.2) is 0 Å². The van der Waals surface area contributed by atoms with Crippen LogP contribution < -0.4 is 10.1 Å². The highest BCUT2D eigenvalue weighted by Crippen LogP contribution is 2.24. The largest absolute Gasteiger partial charge is 0.497 e. The standard InChI is InChI=1S/C13H21NO2/c1-13(2,10-14-8-9-15)11-4-6-12(16-3)7-5-11/h4-7,14-15H,8-10H2,1-3H3. The second kappa shape index (κ2) is 5.87. The monoisotopic (exact) mass is 223 g/mol. The highest BCUT2D eigenvalue weighted by Gasteiger charge is 2.19. The average molecular weight is 223 g/mol. The first-order valence-electron chi connectivity index (χ1n) is 5.56. The van der Waals surface area contributed by atoms with Crippen LogP contribution in [0, 0.1) is 0 Å². The van der Waals surface area contributed by atoms with Crippen molar-refractivity contribution >= 4 is 0 Å². The number of ether oxygens (including phenoxy) is 1. The molecule has 1 rings (SSSR count). The predicted octanol–water partition coefficient (Wildman–Crippen LogP) is 1.55. The van der Waals surface area contributed by atoms with Crippen LogP contribution >= 0.6 is 0 Å². The number of hydrogen-bond donors (Lipinski definition) is 2. The van der Waals surface area contributed by atoms with Crippen LogP contribution in [0.1, 0.15) is 19.4 Å². The molecular formula is C13H21NO2. The SMILES string of the molecule is COc1ccc(C(C)(C)CNCCO)cc1. The molecular weight excluding hydrogens is 202 g/mol. The van der Waals surface area contributed by atoms with Gasteiger partial charge in [0, 0.05) is 18.5 Å². The number of aliphatic hydroxyl groups excluding tert-OH is 1. The molecule has 0 atom stereocenters. The zero-order chi connectivity index (χ0) is 12.0. The summed E-state index contributed by atoms with van der Waals surface area (Å²) in [4.78, 5) is 0. The summed E-state index contributed by atoms with van der Waals surface area (Å²) in [5, 5.41) is 11.9. The molecule has 0 saturated carbocycles. The third-order valence-corrected chi connectivity index (χ3v) is 2.73. The summed E-state index contributed by atoms with van der Waals surface area (Å²) in [7, 11) is 1.67. The molecule has 1 aromatic carbocycles. The number of hydrogen-bond acceptors (Lipinski definition) is 3. The Balaban J connectivity index is 2.65. The maximum atomic E-state index is 8.72. The molecule has 0 aliphatic carbocycles. The van der Waals surface area contributed by atoms with Crippen molar-refractivity contribution in [3.05, 3.63) is 29.8 Å². The minimum atomic E-state index is 0.0570. The van der Waals surface area contributed by atoms with Crippen molar-refractivity contribution in [3.8, 4) is 5.75 Å². The molecule has 0 bridgehead atoms. The smallest absolute Gasteiger partial charge is 0.118 e. The van der Waals surface area contributed by atoms with Crippen LogP contribution in [0.2, 0.25) is 0 Å². The topological polar surface area (TPSA) is 41.5 Å². The van der Waals surface area contributed by atoms with Crippen LogP contribution in [0.5, 0.6) is 5.75 Å². The second-order valence-corrected chi connectivity index (χ2v) is 4.51. The Morgan fingerprint density at radius 1 is 1.25 bits per heavy atom. The van der Waals surface area contributed by atoms with E-state index in [2.05, 4.69) is 31.3 Å². The Bertz CT molecular complexity index is 306. The van der Waals surface area contributed by atoms with Gasteiger partial charge >= 0.3 is 0 Å². The number of benzene rings is 1. The van der Waals surface area contributed by atoms with Gasteiger partial charge in [-0.1, -0.05) is 26.0 Å². The first kappa shape index (κ1) is 13.0. The number of aliphatic hydroxyl groups is 1. The molecule has 0 radical (unpaired) electrons. The van der Waals surface area contributed by atoms with Crippen LogP contribution in [0.3, 0.4) is 0 Å². The predicted molar refractivity (Wildman–Crippen MR) is 66.0 cm³/mol. The lowest BCUT2D eigenvalue weighted by Crippen LogP contribution is -2.34. The summed E-state index contributed by atoms with van der Waals surface area (Å²) in [5.41, 5.74) is 1.32. The molecule has 0 aromatic heterocycles. The summed E-state index contributed by atoms with van der Waals surface area (Å²) in [6.45, 7) is 6.02. The van der Waals surface area contributed by atoms with Gasteiger partial charge in [0.25, 0.3) is 0 Å². The third kappa shape index (κ3) is 3.51. The van der Waals surface area contributed by atoms with Crippen molar-refractivity contribution < 1.29 is 9.84 Å². The van der Waals surface area contributed by atoms with Crippen LogP contribution in [0.15, 0.2) is 24.3 Å². The van der Waals surface area contributed by atoms with E-state index in [0.29, 0.717) is 6.54 Å². The Morgan fingerprint density at radius 2 is 1.88 bits per heavy atom. The molecule has 0 unspecified atom stereocenters. The Morgan fingerprint density at radius 3 is 2.38 bits per heavy atom. The van der Waals surface area contributed by atoms with E-state index in [0.717, 1.165) is 12.3 Å². The summed E-state index contributed by atoms with van der Waals surface area (Å²) >= 11 is 0. The molecule has 2 N–H and O–H groups in total. The van der Waals surface area contributed by atoms with Crippen molar-refractivity contribution in [2.75, 3.05) is 26.8 Å². The van der Waals surface area contributed by atoms with E-state index in [1.165, 1.54) is 5.56 Å². The van der Waals surface area contributed by atoms with Gasteiger partial charge in [-0.05, 0) is 17.7 Å². The lowest BCUT2D eigenvalue weighted by atomic mass is 9.84. The van der Waals surface area contributed by atoms with Gasteiger partial charge in [-0.15, -0.1) is 0 Å². The van der Waals surface area contributed by atoms with E-state index in [-0.39, 0.29) is 12.0 Å². The minimum absolute atomic E-state index is 0.0570. The number of rotatable bonds is 6. The molecule has 0 fully saturated rings. The molecule has 1 aromatic rings. The van der Waals surface area contributed by atoms with Gasteiger partial charge in [-0.25, -0.2) is 0 Å². The molecule has 3 nitrogen and oxygen atoms in total. The van der Waals surface area contributed by atoms with Gasteiger partial charge in [-0.3, -0.25) is 0 Å². The van der Waals surface area contributed by atoms with Gasteiger partial charge < -0.3 is 15.2 Å². The van der Waals surface area contributed by atoms with Crippen molar-refractivity contribution in [1.82, 2.24) is 5.32 Å². The fourth-order valence-electron chi connectivity index (χ4n) is 1.62. The first-order chi connectivity index (χ1) is 7.60. The molecule has 3 heteroatoms. The van der Waals surface area contributed by atoms with E-state index in [1.54, 1.807) is 7.11 Å². The second-order valence-electron chi connectivity index (χ2n) is 4.51. The number of nitrogens with one attached hydrogen (secondary N) is 1. The van der Waals surface area contributed by atoms with E-state index in [1.807, 2.05) is 12.1 Å².